The molecule has 2 aromatic rings. The molecule has 7 nitrogen and oxygen atoms in total. The van der Waals surface area contributed by atoms with Crippen molar-refractivity contribution in [2.24, 2.45) is 0 Å². The van der Waals surface area contributed by atoms with Crippen LogP contribution in [0.5, 0.6) is 5.75 Å². The molecule has 9 heteroatoms. The Balaban J connectivity index is 1.62. The molecule has 0 spiro atoms. The predicted octanol–water partition coefficient (Wildman–Crippen LogP) is 2.90. The standard InChI is InChI=1S/C20H20IN3O4S/c1-27-17-6-5-13(12-16(17)21)18(25)23-20(29)22-15-4-2-3-14(11-15)19(26)24-7-9-28-10-8-24/h2-6,11-12H,7-10H2,1H3,(H2,22,23,25,29). The Bertz CT molecular complexity index is 932. The van der Waals surface area contributed by atoms with Gasteiger partial charge in [-0.25, -0.2) is 0 Å². The fourth-order valence-corrected chi connectivity index (χ4v) is 3.77. The molecular formula is C20H20IN3O4S. The summed E-state index contributed by atoms with van der Waals surface area (Å²) >= 11 is 7.35. The number of anilines is 1. The summed E-state index contributed by atoms with van der Waals surface area (Å²) in [6.07, 6.45) is 0. The number of methoxy groups -OCH3 is 1. The van der Waals surface area contributed by atoms with Gasteiger partial charge >= 0.3 is 0 Å². The van der Waals surface area contributed by atoms with Gasteiger partial charge in [0.1, 0.15) is 5.75 Å². The third-order valence-corrected chi connectivity index (χ3v) is 5.35. The molecule has 29 heavy (non-hydrogen) atoms. The van der Waals surface area contributed by atoms with Gasteiger partial charge in [0.2, 0.25) is 0 Å². The monoisotopic (exact) mass is 525 g/mol. The molecule has 2 N–H and O–H groups in total. The second-order valence-corrected chi connectivity index (χ2v) is 7.81. The predicted molar refractivity (Wildman–Crippen MR) is 123 cm³/mol. The Morgan fingerprint density at radius 1 is 1.14 bits per heavy atom. The highest BCUT2D eigenvalue weighted by atomic mass is 127. The van der Waals surface area contributed by atoms with E-state index in [1.807, 2.05) is 0 Å². The van der Waals surface area contributed by atoms with E-state index < -0.39 is 0 Å². The van der Waals surface area contributed by atoms with Crippen molar-refractivity contribution in [1.82, 2.24) is 10.2 Å². The van der Waals surface area contributed by atoms with Crippen LogP contribution in [0.4, 0.5) is 5.69 Å². The Morgan fingerprint density at radius 2 is 1.90 bits per heavy atom. The summed E-state index contributed by atoms with van der Waals surface area (Å²) in [6.45, 7) is 2.24. The van der Waals surface area contributed by atoms with Crippen molar-refractivity contribution in [2.45, 2.75) is 0 Å². The summed E-state index contributed by atoms with van der Waals surface area (Å²) in [4.78, 5) is 26.8. The SMILES string of the molecule is COc1ccc(C(=O)NC(=S)Nc2cccc(C(=O)N3CCOCC3)c2)cc1I. The molecule has 1 saturated heterocycles. The lowest BCUT2D eigenvalue weighted by molar-refractivity contribution is 0.0303. The average molecular weight is 525 g/mol. The van der Waals surface area contributed by atoms with Crippen LogP contribution in [0.3, 0.4) is 0 Å². The van der Waals surface area contributed by atoms with E-state index in [2.05, 4.69) is 33.2 Å². The first-order valence-electron chi connectivity index (χ1n) is 8.91. The fourth-order valence-electron chi connectivity index (χ4n) is 2.82. The van der Waals surface area contributed by atoms with Gasteiger partial charge in [0.05, 0.1) is 23.9 Å². The van der Waals surface area contributed by atoms with E-state index in [-0.39, 0.29) is 16.9 Å². The molecule has 0 bridgehead atoms. The lowest BCUT2D eigenvalue weighted by atomic mass is 10.1. The van der Waals surface area contributed by atoms with Gasteiger partial charge in [-0.3, -0.25) is 14.9 Å². The molecule has 0 radical (unpaired) electrons. The van der Waals surface area contributed by atoms with Crippen LogP contribution in [0.15, 0.2) is 42.5 Å². The van der Waals surface area contributed by atoms with E-state index in [0.717, 1.165) is 3.57 Å². The molecule has 3 rings (SSSR count). The van der Waals surface area contributed by atoms with E-state index in [1.54, 1.807) is 54.5 Å². The molecule has 152 valence electrons. The fraction of sp³-hybridized carbons (Fsp3) is 0.250. The lowest BCUT2D eigenvalue weighted by Gasteiger charge is -2.27. The third-order valence-electron chi connectivity index (χ3n) is 4.31. The van der Waals surface area contributed by atoms with Crippen LogP contribution in [-0.2, 0) is 4.74 Å². The Hall–Kier alpha value is -2.24. The summed E-state index contributed by atoms with van der Waals surface area (Å²) in [6, 6.07) is 12.1. The van der Waals surface area contributed by atoms with Crippen LogP contribution in [0.1, 0.15) is 20.7 Å². The summed E-state index contributed by atoms with van der Waals surface area (Å²) in [7, 11) is 1.58. The van der Waals surface area contributed by atoms with Crippen molar-refractivity contribution in [3.05, 3.63) is 57.2 Å². The van der Waals surface area contributed by atoms with Crippen LogP contribution in [-0.4, -0.2) is 55.2 Å². The van der Waals surface area contributed by atoms with Gasteiger partial charge in [-0.05, 0) is 71.2 Å². The molecule has 0 saturated carbocycles. The number of ether oxygens (including phenoxy) is 2. The average Bonchev–Trinajstić information content (AvgIpc) is 2.73. The summed E-state index contributed by atoms with van der Waals surface area (Å²) in [5, 5.41) is 5.75. The third kappa shape index (κ3) is 5.64. The largest absolute Gasteiger partial charge is 0.496 e. The number of morpholine rings is 1. The highest BCUT2D eigenvalue weighted by molar-refractivity contribution is 14.1. The van der Waals surface area contributed by atoms with Gasteiger partial charge in [-0.15, -0.1) is 0 Å². The zero-order valence-electron chi connectivity index (χ0n) is 15.7. The molecular weight excluding hydrogens is 505 g/mol. The molecule has 0 atom stereocenters. The highest BCUT2D eigenvalue weighted by Gasteiger charge is 2.19. The molecule has 1 aliphatic heterocycles. The molecule has 0 unspecified atom stereocenters. The van der Waals surface area contributed by atoms with Gasteiger partial charge in [0.25, 0.3) is 11.8 Å². The number of benzene rings is 2. The number of rotatable bonds is 4. The smallest absolute Gasteiger partial charge is 0.257 e. The first-order chi connectivity index (χ1) is 14.0. The lowest BCUT2D eigenvalue weighted by Crippen LogP contribution is -2.40. The van der Waals surface area contributed by atoms with Crippen molar-refractivity contribution < 1.29 is 19.1 Å². The van der Waals surface area contributed by atoms with E-state index in [1.165, 1.54) is 0 Å². The zero-order valence-corrected chi connectivity index (χ0v) is 18.7. The maximum atomic E-state index is 12.6. The van der Waals surface area contributed by atoms with E-state index in [0.29, 0.717) is 48.9 Å². The Labute approximate surface area is 187 Å². The zero-order chi connectivity index (χ0) is 20.8. The minimum absolute atomic E-state index is 0.0558. The maximum Gasteiger partial charge on any atom is 0.257 e. The second kappa shape index (κ2) is 9.99. The van der Waals surface area contributed by atoms with Crippen molar-refractivity contribution in [1.29, 1.82) is 0 Å². The topological polar surface area (TPSA) is 79.9 Å². The number of nitrogens with zero attached hydrogens (tertiary/aromatic N) is 1. The maximum absolute atomic E-state index is 12.6. The van der Waals surface area contributed by atoms with Crippen molar-refractivity contribution in [2.75, 3.05) is 38.7 Å². The molecule has 2 aromatic carbocycles. The van der Waals surface area contributed by atoms with E-state index in [9.17, 15) is 9.59 Å². The van der Waals surface area contributed by atoms with Gasteiger partial charge in [0, 0.05) is 29.9 Å². The van der Waals surface area contributed by atoms with Crippen molar-refractivity contribution >= 4 is 57.4 Å². The molecule has 1 heterocycles. The number of thiocarbonyl (C=S) groups is 1. The van der Waals surface area contributed by atoms with Crippen LogP contribution in [0.25, 0.3) is 0 Å². The summed E-state index contributed by atoms with van der Waals surface area (Å²) in [5.74, 6) is 0.313. The number of carbonyl (C=O) groups is 2. The number of hydrogen-bond acceptors (Lipinski definition) is 5. The van der Waals surface area contributed by atoms with Gasteiger partial charge in [0.15, 0.2) is 5.11 Å². The summed E-state index contributed by atoms with van der Waals surface area (Å²) in [5.41, 5.74) is 1.64. The molecule has 1 fully saturated rings. The summed E-state index contributed by atoms with van der Waals surface area (Å²) < 4.78 is 11.3. The minimum Gasteiger partial charge on any atom is -0.496 e. The van der Waals surface area contributed by atoms with Crippen molar-refractivity contribution in [3.8, 4) is 5.75 Å². The molecule has 0 aliphatic carbocycles. The van der Waals surface area contributed by atoms with Gasteiger partial charge < -0.3 is 19.7 Å². The number of halogens is 1. The normalized spacial score (nSPS) is 13.5. The highest BCUT2D eigenvalue weighted by Crippen LogP contribution is 2.21. The van der Waals surface area contributed by atoms with Crippen LogP contribution in [0.2, 0.25) is 0 Å². The Morgan fingerprint density at radius 3 is 2.59 bits per heavy atom. The Kier molecular flexibility index (Phi) is 7.40. The van der Waals surface area contributed by atoms with E-state index >= 15 is 0 Å². The van der Waals surface area contributed by atoms with Crippen LogP contribution in [0, 0.1) is 3.57 Å². The molecule has 0 aromatic heterocycles. The van der Waals surface area contributed by atoms with Crippen LogP contribution < -0.4 is 15.4 Å². The first-order valence-corrected chi connectivity index (χ1v) is 10.4. The molecule has 2 amide bonds. The van der Waals surface area contributed by atoms with Crippen molar-refractivity contribution in [3.63, 3.8) is 0 Å². The van der Waals surface area contributed by atoms with Gasteiger partial charge in [-0.1, -0.05) is 6.07 Å². The second-order valence-electron chi connectivity index (χ2n) is 6.24. The minimum atomic E-state index is -0.330. The quantitative estimate of drug-likeness (QED) is 0.473. The number of hydrogen-bond donors (Lipinski definition) is 2. The molecule has 1 aliphatic rings. The van der Waals surface area contributed by atoms with Crippen LogP contribution >= 0.6 is 34.8 Å². The number of amides is 2. The van der Waals surface area contributed by atoms with E-state index in [4.69, 9.17) is 21.7 Å². The number of carbonyl (C=O) groups excluding carboxylic acids is 2. The number of nitrogens with one attached hydrogen (secondary N) is 2. The van der Waals surface area contributed by atoms with Gasteiger partial charge in [-0.2, -0.15) is 0 Å². The first kappa shape index (κ1) is 21.5.